The van der Waals surface area contributed by atoms with Gasteiger partial charge in [-0.05, 0) is 42.3 Å². The Labute approximate surface area is 245 Å². The van der Waals surface area contributed by atoms with Gasteiger partial charge in [-0.25, -0.2) is 4.68 Å². The Hall–Kier alpha value is -4.28. The molecular formula is C29H25Cl2N5O5. The monoisotopic (exact) mass is 593 g/mol. The number of allylic oxidation sites excluding steroid dienone is 2. The zero-order valence-electron chi connectivity index (χ0n) is 22.2. The Bertz CT molecular complexity index is 1740. The highest BCUT2D eigenvalue weighted by Crippen LogP contribution is 2.56. The van der Waals surface area contributed by atoms with Crippen molar-refractivity contribution in [2.24, 2.45) is 5.73 Å². The Balaban J connectivity index is 1.72. The molecule has 3 amide bonds. The largest absolute Gasteiger partial charge is 0.506 e. The van der Waals surface area contributed by atoms with Gasteiger partial charge in [-0.3, -0.25) is 19.3 Å². The second kappa shape index (κ2) is 9.39. The Morgan fingerprint density at radius 3 is 2.66 bits per heavy atom. The molecule has 12 heteroatoms. The number of nitrogens with one attached hydrogen (secondary N) is 1. The lowest BCUT2D eigenvalue weighted by atomic mass is 9.79. The number of ether oxygens (including phenoxy) is 1. The molecule has 41 heavy (non-hydrogen) atoms. The minimum absolute atomic E-state index is 0.00454. The van der Waals surface area contributed by atoms with E-state index in [1.54, 1.807) is 18.2 Å². The number of fused-ring (bicyclic) bond motifs is 3. The van der Waals surface area contributed by atoms with E-state index in [2.05, 4.69) is 5.32 Å². The van der Waals surface area contributed by atoms with Gasteiger partial charge in [0.2, 0.25) is 5.91 Å². The number of phenolic OH excluding ortho intramolecular Hbond substituents is 1. The average Bonchev–Trinajstić information content (AvgIpc) is 3.53. The predicted octanol–water partition coefficient (Wildman–Crippen LogP) is 4.27. The molecule has 0 saturated carbocycles. The molecule has 3 aliphatic rings. The summed E-state index contributed by atoms with van der Waals surface area (Å²) >= 11 is 12.7. The summed E-state index contributed by atoms with van der Waals surface area (Å²) in [7, 11) is 1.47. The molecule has 0 bridgehead atoms. The molecule has 210 valence electrons. The van der Waals surface area contributed by atoms with Crippen molar-refractivity contribution >= 4 is 46.6 Å². The number of primary amides is 1. The number of hydrogen-bond acceptors (Lipinski definition) is 6. The molecule has 0 fully saturated rings. The number of hydrogen-bond donors (Lipinski definition) is 3. The maximum absolute atomic E-state index is 14.4. The maximum Gasteiger partial charge on any atom is 0.280 e. The SMILES string of the molecule is COc1ccc(C(N)=O)cc1-n1nc2c(c1C(C)C)C1(C(=O)NC3=C1C=CC(Cl)C3)N(c1cc(Cl)ccc1O)C2=O. The van der Waals surface area contributed by atoms with Gasteiger partial charge in [-0.1, -0.05) is 37.6 Å². The molecule has 2 aliphatic heterocycles. The molecule has 0 radical (unpaired) electrons. The molecule has 10 nitrogen and oxygen atoms in total. The predicted molar refractivity (Wildman–Crippen MR) is 153 cm³/mol. The van der Waals surface area contributed by atoms with E-state index in [4.69, 9.17) is 38.8 Å². The van der Waals surface area contributed by atoms with Crippen molar-refractivity contribution in [3.05, 3.63) is 87.4 Å². The highest BCUT2D eigenvalue weighted by atomic mass is 35.5. The highest BCUT2D eigenvalue weighted by molar-refractivity contribution is 6.31. The molecule has 3 heterocycles. The number of halogens is 2. The summed E-state index contributed by atoms with van der Waals surface area (Å²) in [4.78, 5) is 42.0. The normalized spacial score (nSPS) is 21.1. The average molecular weight is 594 g/mol. The summed E-state index contributed by atoms with van der Waals surface area (Å²) in [5.41, 5.74) is 6.45. The van der Waals surface area contributed by atoms with Crippen molar-refractivity contribution in [2.75, 3.05) is 12.0 Å². The van der Waals surface area contributed by atoms with Crippen LogP contribution in [0.2, 0.25) is 5.02 Å². The van der Waals surface area contributed by atoms with E-state index in [1.807, 2.05) is 13.8 Å². The summed E-state index contributed by atoms with van der Waals surface area (Å²) in [5, 5.41) is 18.5. The molecule has 1 aromatic heterocycles. The van der Waals surface area contributed by atoms with Crippen LogP contribution in [-0.2, 0) is 10.3 Å². The van der Waals surface area contributed by atoms with Crippen molar-refractivity contribution in [3.8, 4) is 17.2 Å². The molecule has 4 N–H and O–H groups in total. The van der Waals surface area contributed by atoms with Crippen LogP contribution >= 0.6 is 23.2 Å². The third-order valence-electron chi connectivity index (χ3n) is 7.62. The van der Waals surface area contributed by atoms with Crippen molar-refractivity contribution in [3.63, 3.8) is 0 Å². The van der Waals surface area contributed by atoms with Gasteiger partial charge in [0, 0.05) is 33.8 Å². The van der Waals surface area contributed by atoms with Crippen LogP contribution in [-0.4, -0.2) is 45.1 Å². The number of carbonyl (C=O) groups is 3. The van der Waals surface area contributed by atoms with Gasteiger partial charge in [0.05, 0.1) is 23.9 Å². The van der Waals surface area contributed by atoms with Crippen LogP contribution in [0.1, 0.15) is 58.3 Å². The number of methoxy groups -OCH3 is 1. The van der Waals surface area contributed by atoms with Gasteiger partial charge in [0.25, 0.3) is 11.8 Å². The standard InChI is InChI=1S/C29H25Cl2N5O5/c1-13(2)25-23-24(34-36(25)20-10-14(26(32)38)4-9-22(20)41-3)27(39)35(19-12-16(31)6-8-21(19)37)29(23)17-7-5-15(30)11-18(17)33-28(29)40/h4-10,12-13,15,37H,11H2,1-3H3,(H2,32,38)(H,33,40). The van der Waals surface area contributed by atoms with Crippen molar-refractivity contribution in [1.29, 1.82) is 0 Å². The number of nitrogens with zero attached hydrogens (tertiary/aromatic N) is 3. The fourth-order valence-electron chi connectivity index (χ4n) is 5.95. The molecule has 0 saturated heterocycles. The van der Waals surface area contributed by atoms with Crippen LogP contribution in [0, 0.1) is 0 Å². The number of amides is 3. The Morgan fingerprint density at radius 1 is 1.22 bits per heavy atom. The zero-order chi connectivity index (χ0) is 29.4. The van der Waals surface area contributed by atoms with Crippen LogP contribution in [0.3, 0.4) is 0 Å². The lowest BCUT2D eigenvalue weighted by Gasteiger charge is -2.36. The van der Waals surface area contributed by atoms with Gasteiger partial charge in [0.15, 0.2) is 11.2 Å². The third kappa shape index (κ3) is 3.70. The number of phenols is 1. The highest BCUT2D eigenvalue weighted by Gasteiger charge is 2.65. The molecule has 1 aliphatic carbocycles. The summed E-state index contributed by atoms with van der Waals surface area (Å²) in [6.45, 7) is 3.81. The minimum atomic E-state index is -1.73. The fourth-order valence-corrected chi connectivity index (χ4v) is 6.34. The van der Waals surface area contributed by atoms with Gasteiger partial charge in [-0.2, -0.15) is 5.10 Å². The van der Waals surface area contributed by atoms with E-state index in [1.165, 1.54) is 47.0 Å². The third-order valence-corrected chi connectivity index (χ3v) is 8.15. The number of anilines is 1. The van der Waals surface area contributed by atoms with E-state index >= 15 is 0 Å². The topological polar surface area (TPSA) is 140 Å². The van der Waals surface area contributed by atoms with Gasteiger partial charge < -0.3 is 20.9 Å². The second-order valence-electron chi connectivity index (χ2n) is 10.3. The first kappa shape index (κ1) is 26.9. The number of carbonyl (C=O) groups excluding carboxylic acids is 3. The first-order valence-corrected chi connectivity index (χ1v) is 13.6. The first-order valence-electron chi connectivity index (χ1n) is 12.8. The molecule has 2 atom stereocenters. The van der Waals surface area contributed by atoms with E-state index < -0.39 is 23.3 Å². The lowest BCUT2D eigenvalue weighted by Crippen LogP contribution is -2.52. The van der Waals surface area contributed by atoms with Crippen molar-refractivity contribution in [2.45, 2.75) is 37.1 Å². The number of nitrogens with two attached hydrogens (primary N) is 1. The number of aromatic nitrogens is 2. The van der Waals surface area contributed by atoms with Crippen LogP contribution in [0.5, 0.6) is 11.5 Å². The maximum atomic E-state index is 14.4. The summed E-state index contributed by atoms with van der Waals surface area (Å²) in [6, 6.07) is 8.95. The minimum Gasteiger partial charge on any atom is -0.506 e. The fraction of sp³-hybridized carbons (Fsp3) is 0.241. The second-order valence-corrected chi connectivity index (χ2v) is 11.3. The van der Waals surface area contributed by atoms with Crippen LogP contribution < -0.4 is 20.7 Å². The molecule has 6 rings (SSSR count). The van der Waals surface area contributed by atoms with Gasteiger partial charge >= 0.3 is 0 Å². The van der Waals surface area contributed by atoms with Crippen LogP contribution in [0.4, 0.5) is 5.69 Å². The Morgan fingerprint density at radius 2 is 1.98 bits per heavy atom. The van der Waals surface area contributed by atoms with Gasteiger partial charge in [0.1, 0.15) is 17.2 Å². The van der Waals surface area contributed by atoms with E-state index in [0.29, 0.717) is 40.4 Å². The number of aromatic hydroxyl groups is 1. The number of alkyl halides is 1. The van der Waals surface area contributed by atoms with E-state index in [0.717, 1.165) is 0 Å². The lowest BCUT2D eigenvalue weighted by molar-refractivity contribution is -0.123. The quantitative estimate of drug-likeness (QED) is 0.377. The van der Waals surface area contributed by atoms with Crippen molar-refractivity contribution < 1.29 is 24.2 Å². The summed E-state index contributed by atoms with van der Waals surface area (Å²) in [6.07, 6.45) is 3.83. The van der Waals surface area contributed by atoms with E-state index in [9.17, 15) is 19.5 Å². The van der Waals surface area contributed by atoms with Gasteiger partial charge in [-0.15, -0.1) is 11.6 Å². The summed E-state index contributed by atoms with van der Waals surface area (Å²) < 4.78 is 7.11. The van der Waals surface area contributed by atoms with E-state index in [-0.39, 0.29) is 39.0 Å². The number of rotatable bonds is 5. The molecule has 2 unspecified atom stereocenters. The molecule has 1 spiro atoms. The van der Waals surface area contributed by atoms with Crippen LogP contribution in [0.15, 0.2) is 59.8 Å². The van der Waals surface area contributed by atoms with Crippen molar-refractivity contribution in [1.82, 2.24) is 15.1 Å². The molecule has 2 aromatic carbocycles. The molecule has 3 aromatic rings. The number of benzene rings is 2. The Kier molecular flexibility index (Phi) is 6.16. The molecular weight excluding hydrogens is 569 g/mol. The first-order chi connectivity index (χ1) is 19.5. The van der Waals surface area contributed by atoms with Crippen LogP contribution in [0.25, 0.3) is 5.69 Å². The smallest absolute Gasteiger partial charge is 0.280 e. The summed E-state index contributed by atoms with van der Waals surface area (Å²) in [5.74, 6) is -1.90. The zero-order valence-corrected chi connectivity index (χ0v) is 23.7.